The van der Waals surface area contributed by atoms with E-state index in [2.05, 4.69) is 32.6 Å². The van der Waals surface area contributed by atoms with Gasteiger partial charge in [-0.05, 0) is 0 Å². The first-order chi connectivity index (χ1) is 10.4. The summed E-state index contributed by atoms with van der Waals surface area (Å²) in [5.41, 5.74) is 0. The lowest BCUT2D eigenvalue weighted by molar-refractivity contribution is -0.107. The second-order valence-electron chi connectivity index (χ2n) is 4.14. The average Bonchev–Trinajstić information content (AvgIpc) is 2.50. The topological polar surface area (TPSA) is 98.8 Å². The summed E-state index contributed by atoms with van der Waals surface area (Å²) in [6, 6.07) is 0. The summed E-state index contributed by atoms with van der Waals surface area (Å²) in [6.45, 7) is -0.0583. The molecule has 0 aliphatic carbocycles. The molecular formula is C7H19O9P5S. The fourth-order valence-corrected chi connectivity index (χ4v) is 4.04. The molecular weight excluding hydrogens is 415 g/mol. The molecule has 15 heteroatoms. The highest BCUT2D eigenvalue weighted by molar-refractivity contribution is 7.81. The maximum Gasteiger partial charge on any atom is 0.400 e. The van der Waals surface area contributed by atoms with E-state index in [-0.39, 0.29) is 13.2 Å². The Balaban J connectivity index is 3.02. The third kappa shape index (κ3) is 5.97. The van der Waals surface area contributed by atoms with Gasteiger partial charge in [-0.1, -0.05) is 0 Å². The standard InChI is InChI=1S/C7H19O9P5S/c8-22(9)11-2-4(13-19)6(16-22)7(15-21)5(14-20)3(12-18)1-10-17/h3-7H,1-2,17-21H2/t3?,4-,5-,6-,7-/m1/s1. The molecule has 132 valence electrons. The van der Waals surface area contributed by atoms with Crippen LogP contribution in [0, 0.1) is 0 Å². The molecule has 0 radical (unpaired) electrons. The van der Waals surface area contributed by atoms with Gasteiger partial charge in [-0.25, -0.2) is 8.37 Å². The molecule has 0 aromatic rings. The largest absolute Gasteiger partial charge is 0.400 e. The summed E-state index contributed by atoms with van der Waals surface area (Å²) in [6.07, 6.45) is -3.89. The van der Waals surface area contributed by atoms with Gasteiger partial charge in [0.1, 0.15) is 30.5 Å². The van der Waals surface area contributed by atoms with E-state index in [1.54, 1.807) is 0 Å². The summed E-state index contributed by atoms with van der Waals surface area (Å²) in [4.78, 5) is 0. The van der Waals surface area contributed by atoms with Gasteiger partial charge in [0.15, 0.2) is 0 Å². The molecule has 10 atom stereocenters. The van der Waals surface area contributed by atoms with Crippen LogP contribution < -0.4 is 0 Å². The van der Waals surface area contributed by atoms with Crippen LogP contribution in [0.1, 0.15) is 0 Å². The minimum Gasteiger partial charge on any atom is -0.363 e. The monoisotopic (exact) mass is 434 g/mol. The van der Waals surface area contributed by atoms with Crippen LogP contribution in [-0.2, 0) is 41.4 Å². The molecule has 1 aliphatic heterocycles. The van der Waals surface area contributed by atoms with Crippen LogP contribution in [0.4, 0.5) is 0 Å². The van der Waals surface area contributed by atoms with Gasteiger partial charge in [0, 0.05) is 47.3 Å². The quantitative estimate of drug-likeness (QED) is 0.470. The molecule has 0 N–H and O–H groups in total. The van der Waals surface area contributed by atoms with Crippen molar-refractivity contribution in [2.75, 3.05) is 13.2 Å². The summed E-state index contributed by atoms with van der Waals surface area (Å²) < 4.78 is 58.5. The molecule has 1 heterocycles. The normalized spacial score (nSPS) is 29.0. The van der Waals surface area contributed by atoms with Crippen molar-refractivity contribution in [1.82, 2.24) is 0 Å². The molecule has 0 spiro atoms. The molecule has 0 bridgehead atoms. The summed E-state index contributed by atoms with van der Waals surface area (Å²) >= 11 is 0. The van der Waals surface area contributed by atoms with Crippen molar-refractivity contribution in [3.05, 3.63) is 0 Å². The van der Waals surface area contributed by atoms with Gasteiger partial charge in [-0.3, -0.25) is 0 Å². The predicted molar refractivity (Wildman–Crippen MR) is 93.7 cm³/mol. The zero-order valence-electron chi connectivity index (χ0n) is 11.3. The lowest BCUT2D eigenvalue weighted by Gasteiger charge is -2.38. The number of hydrogen-bond acceptors (Lipinski definition) is 9. The van der Waals surface area contributed by atoms with Gasteiger partial charge in [0.25, 0.3) is 0 Å². The number of hydrogen-bond donors (Lipinski definition) is 0. The van der Waals surface area contributed by atoms with Crippen molar-refractivity contribution in [1.29, 1.82) is 0 Å². The van der Waals surface area contributed by atoms with E-state index in [4.69, 9.17) is 26.8 Å². The number of rotatable bonds is 9. The molecule has 22 heavy (non-hydrogen) atoms. The average molecular weight is 434 g/mol. The fourth-order valence-electron chi connectivity index (χ4n) is 1.88. The molecule has 0 aromatic heterocycles. The van der Waals surface area contributed by atoms with Gasteiger partial charge in [0.05, 0.1) is 13.2 Å². The highest BCUT2D eigenvalue weighted by Gasteiger charge is 2.46. The Hall–Kier alpha value is 1.82. The van der Waals surface area contributed by atoms with E-state index in [1.807, 2.05) is 18.9 Å². The molecule has 6 unspecified atom stereocenters. The Labute approximate surface area is 141 Å². The van der Waals surface area contributed by atoms with Crippen molar-refractivity contribution in [2.24, 2.45) is 0 Å². The first kappa shape index (κ1) is 21.9. The summed E-state index contributed by atoms with van der Waals surface area (Å²) in [7, 11) is 6.20. The summed E-state index contributed by atoms with van der Waals surface area (Å²) in [5.74, 6) is 0. The first-order valence-corrected chi connectivity index (χ1v) is 9.44. The van der Waals surface area contributed by atoms with E-state index in [0.29, 0.717) is 0 Å². The highest BCUT2D eigenvalue weighted by atomic mass is 32.3. The van der Waals surface area contributed by atoms with Crippen LogP contribution in [0.3, 0.4) is 0 Å². The van der Waals surface area contributed by atoms with Crippen molar-refractivity contribution < 1.29 is 39.4 Å². The van der Waals surface area contributed by atoms with Gasteiger partial charge in [-0.2, -0.15) is 8.42 Å². The van der Waals surface area contributed by atoms with E-state index in [9.17, 15) is 8.42 Å². The first-order valence-electron chi connectivity index (χ1n) is 5.75. The zero-order valence-corrected chi connectivity index (χ0v) is 17.9. The minimum absolute atomic E-state index is 0.153. The maximum absolute atomic E-state index is 11.5. The molecule has 1 saturated heterocycles. The van der Waals surface area contributed by atoms with Crippen LogP contribution in [-0.4, -0.2) is 52.2 Å². The lowest BCUT2D eigenvalue weighted by atomic mass is 10.00. The predicted octanol–water partition coefficient (Wildman–Crippen LogP) is 0.154. The Morgan fingerprint density at radius 1 is 1.09 bits per heavy atom. The van der Waals surface area contributed by atoms with Crippen molar-refractivity contribution in [3.8, 4) is 0 Å². The van der Waals surface area contributed by atoms with Gasteiger partial charge >= 0.3 is 10.4 Å². The second-order valence-corrected chi connectivity index (χ2v) is 6.80. The molecule has 9 nitrogen and oxygen atoms in total. The summed E-state index contributed by atoms with van der Waals surface area (Å²) in [5, 5.41) is 0. The van der Waals surface area contributed by atoms with Crippen LogP contribution in [0.15, 0.2) is 0 Å². The Morgan fingerprint density at radius 2 is 1.77 bits per heavy atom. The SMILES string of the molecule is O=S1(=O)OC[C@@H](OP)[C@H]([C@H](OP)[C@H](OP)C(COP)OP)O1. The van der Waals surface area contributed by atoms with Crippen LogP contribution in [0.25, 0.3) is 0 Å². The Kier molecular flexibility index (Phi) is 10.7. The zero-order chi connectivity index (χ0) is 16.8. The Morgan fingerprint density at radius 3 is 2.23 bits per heavy atom. The lowest BCUT2D eigenvalue weighted by Crippen LogP contribution is -2.55. The molecule has 0 amide bonds. The van der Waals surface area contributed by atoms with Crippen molar-refractivity contribution >= 4 is 57.7 Å². The molecule has 1 fully saturated rings. The van der Waals surface area contributed by atoms with E-state index >= 15 is 0 Å². The smallest absolute Gasteiger partial charge is 0.363 e. The molecule has 1 aliphatic rings. The fraction of sp³-hybridized carbons (Fsp3) is 1.00. The van der Waals surface area contributed by atoms with E-state index in [0.717, 1.165) is 0 Å². The Bertz CT molecular complexity index is 425. The molecule has 0 saturated carbocycles. The van der Waals surface area contributed by atoms with Crippen LogP contribution >= 0.6 is 47.3 Å². The van der Waals surface area contributed by atoms with Gasteiger partial charge < -0.3 is 22.6 Å². The van der Waals surface area contributed by atoms with E-state index < -0.39 is 40.9 Å². The molecule has 0 aromatic carbocycles. The van der Waals surface area contributed by atoms with E-state index in [1.165, 1.54) is 0 Å². The second kappa shape index (κ2) is 10.7. The molecule has 1 rings (SSSR count). The van der Waals surface area contributed by atoms with Gasteiger partial charge in [-0.15, -0.1) is 0 Å². The van der Waals surface area contributed by atoms with Crippen LogP contribution in [0.5, 0.6) is 0 Å². The highest BCUT2D eigenvalue weighted by Crippen LogP contribution is 2.30. The van der Waals surface area contributed by atoms with Crippen LogP contribution in [0.2, 0.25) is 0 Å². The minimum atomic E-state index is -4.14. The maximum atomic E-state index is 11.5. The van der Waals surface area contributed by atoms with Crippen molar-refractivity contribution in [3.63, 3.8) is 0 Å². The van der Waals surface area contributed by atoms with Gasteiger partial charge in [0.2, 0.25) is 0 Å². The van der Waals surface area contributed by atoms with Crippen molar-refractivity contribution in [2.45, 2.75) is 30.5 Å². The third-order valence-corrected chi connectivity index (χ3v) is 5.31. The third-order valence-electron chi connectivity index (χ3n) is 2.91.